The maximum absolute atomic E-state index is 5.68. The second-order valence-corrected chi connectivity index (χ2v) is 8.55. The van der Waals surface area contributed by atoms with Gasteiger partial charge in [0.15, 0.2) is 5.96 Å². The number of nitrogens with one attached hydrogen (secondary N) is 1. The van der Waals surface area contributed by atoms with E-state index >= 15 is 0 Å². The first-order valence-electron chi connectivity index (χ1n) is 10.4. The lowest BCUT2D eigenvalue weighted by Crippen LogP contribution is -2.49. The van der Waals surface area contributed by atoms with Crippen LogP contribution in [0.4, 0.5) is 0 Å². The molecule has 2 heterocycles. The SMILES string of the molecule is CN=C(NCC1(c2ccc(OC)cc2)CCOCC1)N1CCC2(CCC2)C1. The second-order valence-electron chi connectivity index (χ2n) is 8.55. The van der Waals surface area contributed by atoms with Crippen LogP contribution in [-0.2, 0) is 10.2 Å². The predicted molar refractivity (Wildman–Crippen MR) is 109 cm³/mol. The van der Waals surface area contributed by atoms with E-state index in [9.17, 15) is 0 Å². The van der Waals surface area contributed by atoms with Crippen LogP contribution in [0.2, 0.25) is 0 Å². The number of nitrogens with zero attached hydrogens (tertiary/aromatic N) is 2. The second kappa shape index (κ2) is 7.70. The van der Waals surface area contributed by atoms with Gasteiger partial charge in [-0.3, -0.25) is 4.99 Å². The van der Waals surface area contributed by atoms with E-state index in [1.807, 2.05) is 7.05 Å². The molecule has 5 nitrogen and oxygen atoms in total. The highest BCUT2D eigenvalue weighted by Gasteiger charge is 2.44. The molecular formula is C22H33N3O2. The summed E-state index contributed by atoms with van der Waals surface area (Å²) in [6.07, 6.45) is 7.59. The third-order valence-electron chi connectivity index (χ3n) is 7.10. The van der Waals surface area contributed by atoms with E-state index in [1.165, 1.54) is 37.8 Å². The van der Waals surface area contributed by atoms with Crippen LogP contribution in [0.25, 0.3) is 0 Å². The average Bonchev–Trinajstić information content (AvgIpc) is 3.15. The van der Waals surface area contributed by atoms with E-state index in [2.05, 4.69) is 39.5 Å². The molecule has 0 amide bonds. The van der Waals surface area contributed by atoms with Crippen molar-refractivity contribution in [2.45, 2.75) is 43.9 Å². The fourth-order valence-electron chi connectivity index (χ4n) is 5.06. The minimum absolute atomic E-state index is 0.0916. The smallest absolute Gasteiger partial charge is 0.193 e. The lowest BCUT2D eigenvalue weighted by Gasteiger charge is -2.40. The summed E-state index contributed by atoms with van der Waals surface area (Å²) in [4.78, 5) is 7.08. The molecule has 148 valence electrons. The van der Waals surface area contributed by atoms with Crippen molar-refractivity contribution < 1.29 is 9.47 Å². The Morgan fingerprint density at radius 1 is 1.15 bits per heavy atom. The Labute approximate surface area is 163 Å². The van der Waals surface area contributed by atoms with Crippen LogP contribution in [0.3, 0.4) is 0 Å². The highest BCUT2D eigenvalue weighted by molar-refractivity contribution is 5.80. The lowest BCUT2D eigenvalue weighted by molar-refractivity contribution is 0.0511. The Balaban J connectivity index is 1.46. The number of ether oxygens (including phenoxy) is 2. The zero-order valence-corrected chi connectivity index (χ0v) is 16.8. The first-order chi connectivity index (χ1) is 13.2. The van der Waals surface area contributed by atoms with Crippen molar-refractivity contribution in [1.82, 2.24) is 10.2 Å². The monoisotopic (exact) mass is 371 g/mol. The number of methoxy groups -OCH3 is 1. The van der Waals surface area contributed by atoms with Crippen molar-refractivity contribution in [3.05, 3.63) is 29.8 Å². The van der Waals surface area contributed by atoms with Gasteiger partial charge in [-0.25, -0.2) is 0 Å². The molecule has 1 aliphatic carbocycles. The van der Waals surface area contributed by atoms with E-state index in [0.717, 1.165) is 50.9 Å². The molecule has 2 saturated heterocycles. The van der Waals surface area contributed by atoms with Gasteiger partial charge in [-0.2, -0.15) is 0 Å². The van der Waals surface area contributed by atoms with E-state index in [0.29, 0.717) is 5.41 Å². The molecule has 0 bridgehead atoms. The molecule has 0 unspecified atom stereocenters. The topological polar surface area (TPSA) is 46.1 Å². The normalized spacial score (nSPS) is 23.9. The maximum atomic E-state index is 5.68. The Bertz CT molecular complexity index is 661. The molecule has 4 rings (SSSR count). The molecule has 0 aromatic heterocycles. The van der Waals surface area contributed by atoms with Gasteiger partial charge in [-0.1, -0.05) is 18.6 Å². The summed E-state index contributed by atoms with van der Waals surface area (Å²) < 4.78 is 11.0. The quantitative estimate of drug-likeness (QED) is 0.652. The maximum Gasteiger partial charge on any atom is 0.193 e. The van der Waals surface area contributed by atoms with Crippen LogP contribution in [0.1, 0.15) is 44.1 Å². The van der Waals surface area contributed by atoms with Crippen molar-refractivity contribution in [2.24, 2.45) is 10.4 Å². The van der Waals surface area contributed by atoms with Crippen LogP contribution < -0.4 is 10.1 Å². The number of rotatable bonds is 4. The largest absolute Gasteiger partial charge is 0.497 e. The van der Waals surface area contributed by atoms with Crippen molar-refractivity contribution in [1.29, 1.82) is 0 Å². The van der Waals surface area contributed by atoms with E-state index < -0.39 is 0 Å². The zero-order valence-electron chi connectivity index (χ0n) is 16.8. The third kappa shape index (κ3) is 3.66. The van der Waals surface area contributed by atoms with Crippen LogP contribution in [0, 0.1) is 5.41 Å². The van der Waals surface area contributed by atoms with E-state index in [4.69, 9.17) is 9.47 Å². The Morgan fingerprint density at radius 2 is 1.89 bits per heavy atom. The summed E-state index contributed by atoms with van der Waals surface area (Å²) in [6, 6.07) is 8.58. The summed E-state index contributed by atoms with van der Waals surface area (Å²) in [5.41, 5.74) is 2.05. The predicted octanol–water partition coefficient (Wildman–Crippen LogP) is 3.19. The average molecular weight is 372 g/mol. The molecule has 5 heteroatoms. The van der Waals surface area contributed by atoms with Crippen LogP contribution in [0.5, 0.6) is 5.75 Å². The lowest BCUT2D eigenvalue weighted by atomic mass is 9.68. The van der Waals surface area contributed by atoms with Crippen LogP contribution >= 0.6 is 0 Å². The van der Waals surface area contributed by atoms with Gasteiger partial charge in [0.1, 0.15) is 5.75 Å². The van der Waals surface area contributed by atoms with Gasteiger partial charge in [0.05, 0.1) is 7.11 Å². The van der Waals surface area contributed by atoms with Crippen LogP contribution in [-0.4, -0.2) is 57.9 Å². The highest BCUT2D eigenvalue weighted by atomic mass is 16.5. The Morgan fingerprint density at radius 3 is 2.44 bits per heavy atom. The number of hydrogen-bond donors (Lipinski definition) is 1. The number of aliphatic imine (C=N–C) groups is 1. The fraction of sp³-hybridized carbons (Fsp3) is 0.682. The van der Waals surface area contributed by atoms with Gasteiger partial charge in [-0.05, 0) is 55.2 Å². The summed E-state index contributed by atoms with van der Waals surface area (Å²) in [5, 5.41) is 3.72. The third-order valence-corrected chi connectivity index (χ3v) is 7.10. The van der Waals surface area contributed by atoms with Gasteiger partial charge in [0.2, 0.25) is 0 Å². The molecule has 0 atom stereocenters. The van der Waals surface area contributed by atoms with Gasteiger partial charge >= 0.3 is 0 Å². The molecule has 1 aromatic rings. The van der Waals surface area contributed by atoms with E-state index in [1.54, 1.807) is 7.11 Å². The van der Waals surface area contributed by atoms with Gasteiger partial charge in [0, 0.05) is 45.3 Å². The molecule has 1 N–H and O–H groups in total. The van der Waals surface area contributed by atoms with Gasteiger partial charge in [0.25, 0.3) is 0 Å². The number of likely N-dealkylation sites (tertiary alicyclic amines) is 1. The Kier molecular flexibility index (Phi) is 5.31. The van der Waals surface area contributed by atoms with Gasteiger partial charge < -0.3 is 19.7 Å². The van der Waals surface area contributed by atoms with Crippen LogP contribution in [0.15, 0.2) is 29.3 Å². The molecule has 0 radical (unpaired) electrons. The zero-order chi connectivity index (χ0) is 18.7. The van der Waals surface area contributed by atoms with Crippen molar-refractivity contribution in [3.8, 4) is 5.75 Å². The first kappa shape index (κ1) is 18.6. The molecule has 3 fully saturated rings. The molecule has 1 aromatic carbocycles. The number of benzene rings is 1. The van der Waals surface area contributed by atoms with Crippen molar-refractivity contribution in [2.75, 3.05) is 47.0 Å². The highest BCUT2D eigenvalue weighted by Crippen LogP contribution is 2.48. The Hall–Kier alpha value is -1.75. The fourth-order valence-corrected chi connectivity index (χ4v) is 5.06. The molecule has 1 saturated carbocycles. The molecule has 2 aliphatic heterocycles. The van der Waals surface area contributed by atoms with Crippen molar-refractivity contribution >= 4 is 5.96 Å². The standard InChI is InChI=1S/C22H33N3O2/c1-23-20(25-13-10-21(17-25)8-3-9-21)24-16-22(11-14-27-15-12-22)18-4-6-19(26-2)7-5-18/h4-7H,3,8-17H2,1-2H3,(H,23,24). The summed E-state index contributed by atoms with van der Waals surface area (Å²) in [5.74, 6) is 1.98. The summed E-state index contributed by atoms with van der Waals surface area (Å²) in [6.45, 7) is 4.85. The summed E-state index contributed by atoms with van der Waals surface area (Å²) in [7, 11) is 3.63. The molecule has 27 heavy (non-hydrogen) atoms. The molecular weight excluding hydrogens is 338 g/mol. The first-order valence-corrected chi connectivity index (χ1v) is 10.4. The van der Waals surface area contributed by atoms with Crippen molar-refractivity contribution in [3.63, 3.8) is 0 Å². The molecule has 3 aliphatic rings. The number of hydrogen-bond acceptors (Lipinski definition) is 3. The summed E-state index contributed by atoms with van der Waals surface area (Å²) >= 11 is 0. The minimum atomic E-state index is 0.0916. The number of guanidine groups is 1. The van der Waals surface area contributed by atoms with E-state index in [-0.39, 0.29) is 5.41 Å². The minimum Gasteiger partial charge on any atom is -0.497 e. The van der Waals surface area contributed by atoms with Gasteiger partial charge in [-0.15, -0.1) is 0 Å². The molecule has 1 spiro atoms.